The van der Waals surface area contributed by atoms with Gasteiger partial charge in [0.25, 0.3) is 0 Å². The summed E-state index contributed by atoms with van der Waals surface area (Å²) in [5, 5.41) is 0.770. The topological polar surface area (TPSA) is 103 Å². The zero-order chi connectivity index (χ0) is 12.5. The number of rotatable bonds is 2. The first-order valence-electron chi connectivity index (χ1n) is 5.23. The molecule has 0 saturated carbocycles. The minimum Gasteiger partial charge on any atom is -0.467 e. The van der Waals surface area contributed by atoms with Crippen molar-refractivity contribution in [1.29, 1.82) is 0 Å². The van der Waals surface area contributed by atoms with Crippen molar-refractivity contribution in [3.8, 4) is 17.1 Å². The number of methoxy groups -OCH3 is 1. The third kappa shape index (κ3) is 1.53. The molecule has 0 saturated heterocycles. The van der Waals surface area contributed by atoms with E-state index in [2.05, 4.69) is 24.9 Å². The van der Waals surface area contributed by atoms with Gasteiger partial charge in [0, 0.05) is 29.7 Å². The number of aromatic nitrogens is 5. The zero-order valence-electron chi connectivity index (χ0n) is 9.58. The molecule has 0 aliphatic carbocycles. The summed E-state index contributed by atoms with van der Waals surface area (Å²) in [4.78, 5) is 19.3. The number of hydrogen-bond acceptors (Lipinski definition) is 6. The summed E-state index contributed by atoms with van der Waals surface area (Å²) in [7, 11) is 1.52. The van der Waals surface area contributed by atoms with Gasteiger partial charge in [0.15, 0.2) is 0 Å². The Labute approximate surface area is 102 Å². The van der Waals surface area contributed by atoms with Crippen LogP contribution < -0.4 is 10.5 Å². The summed E-state index contributed by atoms with van der Waals surface area (Å²) in [5.41, 5.74) is 8.24. The van der Waals surface area contributed by atoms with E-state index >= 15 is 0 Å². The van der Waals surface area contributed by atoms with Crippen molar-refractivity contribution in [3.63, 3.8) is 0 Å². The van der Waals surface area contributed by atoms with Crippen LogP contribution in [0, 0.1) is 0 Å². The van der Waals surface area contributed by atoms with E-state index in [0.717, 1.165) is 16.5 Å². The number of aromatic amines is 1. The fourth-order valence-corrected chi connectivity index (χ4v) is 1.78. The number of nitrogens with two attached hydrogens (primary N) is 1. The van der Waals surface area contributed by atoms with E-state index in [1.54, 1.807) is 18.6 Å². The molecule has 0 aliphatic heterocycles. The smallest absolute Gasteiger partial charge is 0.316 e. The first kappa shape index (κ1) is 10.5. The van der Waals surface area contributed by atoms with E-state index in [0.29, 0.717) is 17.5 Å². The standard InChI is InChI=1S/C11H10N6O/c1-18-11-14-2-6(3-15-11)7-4-13-10-8(7)9(12)16-5-17-10/h2-5H,1H3,(H3,12,13,16,17). The van der Waals surface area contributed by atoms with Crippen molar-refractivity contribution >= 4 is 16.9 Å². The molecule has 0 aliphatic rings. The van der Waals surface area contributed by atoms with Gasteiger partial charge in [0.05, 0.1) is 12.5 Å². The molecule has 0 spiro atoms. The third-order valence-corrected chi connectivity index (χ3v) is 2.62. The van der Waals surface area contributed by atoms with Crippen LogP contribution in [0.15, 0.2) is 24.9 Å². The molecular formula is C11H10N6O. The molecule has 0 aromatic carbocycles. The Hall–Kier alpha value is -2.70. The van der Waals surface area contributed by atoms with Crippen molar-refractivity contribution in [1.82, 2.24) is 24.9 Å². The highest BCUT2D eigenvalue weighted by Crippen LogP contribution is 2.29. The second-order valence-corrected chi connectivity index (χ2v) is 3.64. The molecule has 7 nitrogen and oxygen atoms in total. The number of nitrogen functional groups attached to an aromatic ring is 1. The van der Waals surface area contributed by atoms with Gasteiger partial charge in [0.2, 0.25) is 0 Å². The van der Waals surface area contributed by atoms with E-state index in [4.69, 9.17) is 10.5 Å². The molecule has 7 heteroatoms. The quantitative estimate of drug-likeness (QED) is 0.695. The largest absolute Gasteiger partial charge is 0.467 e. The maximum absolute atomic E-state index is 5.86. The van der Waals surface area contributed by atoms with Gasteiger partial charge in [-0.3, -0.25) is 0 Å². The Morgan fingerprint density at radius 2 is 1.94 bits per heavy atom. The summed E-state index contributed by atoms with van der Waals surface area (Å²) in [5.74, 6) is 0.423. The molecule has 3 aromatic rings. The molecule has 0 atom stereocenters. The number of fused-ring (bicyclic) bond motifs is 1. The van der Waals surface area contributed by atoms with Crippen molar-refractivity contribution in [2.45, 2.75) is 0 Å². The van der Waals surface area contributed by atoms with Gasteiger partial charge in [-0.1, -0.05) is 0 Å². The first-order chi connectivity index (χ1) is 8.79. The van der Waals surface area contributed by atoms with Crippen molar-refractivity contribution in [3.05, 3.63) is 24.9 Å². The Kier molecular flexibility index (Phi) is 2.30. The Balaban J connectivity index is 2.18. The lowest BCUT2D eigenvalue weighted by atomic mass is 10.1. The molecule has 0 bridgehead atoms. The van der Waals surface area contributed by atoms with Crippen LogP contribution >= 0.6 is 0 Å². The maximum Gasteiger partial charge on any atom is 0.316 e. The average molecular weight is 242 g/mol. The van der Waals surface area contributed by atoms with Gasteiger partial charge < -0.3 is 15.5 Å². The predicted molar refractivity (Wildman–Crippen MR) is 65.9 cm³/mol. The van der Waals surface area contributed by atoms with E-state index in [9.17, 15) is 0 Å². The van der Waals surface area contributed by atoms with Crippen LogP contribution in [0.3, 0.4) is 0 Å². The number of anilines is 1. The highest BCUT2D eigenvalue weighted by molar-refractivity contribution is 5.99. The number of H-pyrrole nitrogens is 1. The Bertz CT molecular complexity index is 690. The molecule has 3 rings (SSSR count). The molecule has 0 radical (unpaired) electrons. The van der Waals surface area contributed by atoms with Crippen LogP contribution in [-0.2, 0) is 0 Å². The van der Waals surface area contributed by atoms with E-state index in [-0.39, 0.29) is 0 Å². The molecule has 3 heterocycles. The lowest BCUT2D eigenvalue weighted by Gasteiger charge is -2.01. The van der Waals surface area contributed by atoms with E-state index in [1.807, 2.05) is 0 Å². The molecule has 18 heavy (non-hydrogen) atoms. The lowest BCUT2D eigenvalue weighted by molar-refractivity contribution is 0.380. The highest BCUT2D eigenvalue weighted by atomic mass is 16.5. The molecule has 3 aromatic heterocycles. The van der Waals surface area contributed by atoms with Crippen molar-refractivity contribution < 1.29 is 4.74 Å². The van der Waals surface area contributed by atoms with Gasteiger partial charge in [0.1, 0.15) is 17.8 Å². The van der Waals surface area contributed by atoms with Crippen LogP contribution in [0.2, 0.25) is 0 Å². The third-order valence-electron chi connectivity index (χ3n) is 2.62. The monoisotopic (exact) mass is 242 g/mol. The molecule has 90 valence electrons. The Morgan fingerprint density at radius 1 is 1.17 bits per heavy atom. The Morgan fingerprint density at radius 3 is 2.67 bits per heavy atom. The fourth-order valence-electron chi connectivity index (χ4n) is 1.78. The molecule has 3 N–H and O–H groups in total. The summed E-state index contributed by atoms with van der Waals surface area (Å²) >= 11 is 0. The molecule has 0 fully saturated rings. The number of nitrogens with zero attached hydrogens (tertiary/aromatic N) is 4. The highest BCUT2D eigenvalue weighted by Gasteiger charge is 2.11. The summed E-state index contributed by atoms with van der Waals surface area (Å²) in [6.45, 7) is 0. The van der Waals surface area contributed by atoms with Gasteiger partial charge in [-0.25, -0.2) is 19.9 Å². The van der Waals surface area contributed by atoms with E-state index in [1.165, 1.54) is 13.4 Å². The number of ether oxygens (including phenoxy) is 1. The summed E-state index contributed by atoms with van der Waals surface area (Å²) in [6.07, 6.45) is 6.56. The van der Waals surface area contributed by atoms with Gasteiger partial charge in [-0.2, -0.15) is 0 Å². The molecule has 0 unspecified atom stereocenters. The fraction of sp³-hybridized carbons (Fsp3) is 0.0909. The molecular weight excluding hydrogens is 232 g/mol. The minimum absolute atomic E-state index is 0.322. The molecule has 0 amide bonds. The first-order valence-corrected chi connectivity index (χ1v) is 5.23. The summed E-state index contributed by atoms with van der Waals surface area (Å²) in [6, 6.07) is 0.322. The van der Waals surface area contributed by atoms with Crippen LogP contribution in [-0.4, -0.2) is 32.0 Å². The number of nitrogens with one attached hydrogen (secondary N) is 1. The average Bonchev–Trinajstić information content (AvgIpc) is 2.84. The summed E-state index contributed by atoms with van der Waals surface area (Å²) < 4.78 is 4.92. The van der Waals surface area contributed by atoms with Gasteiger partial charge in [-0.05, 0) is 0 Å². The van der Waals surface area contributed by atoms with Crippen LogP contribution in [0.5, 0.6) is 6.01 Å². The minimum atomic E-state index is 0.322. The maximum atomic E-state index is 5.86. The number of hydrogen-bond donors (Lipinski definition) is 2. The predicted octanol–water partition coefficient (Wildman–Crippen LogP) is 1.01. The second-order valence-electron chi connectivity index (χ2n) is 3.64. The van der Waals surface area contributed by atoms with Gasteiger partial charge in [-0.15, -0.1) is 0 Å². The zero-order valence-corrected chi connectivity index (χ0v) is 9.58. The SMILES string of the molecule is COc1ncc(-c2c[nH]c3ncnc(N)c23)cn1. The second kappa shape index (κ2) is 3.95. The van der Waals surface area contributed by atoms with Crippen molar-refractivity contribution in [2.24, 2.45) is 0 Å². The van der Waals surface area contributed by atoms with Gasteiger partial charge >= 0.3 is 6.01 Å². The lowest BCUT2D eigenvalue weighted by Crippen LogP contribution is -1.94. The van der Waals surface area contributed by atoms with Crippen LogP contribution in [0.4, 0.5) is 5.82 Å². The van der Waals surface area contributed by atoms with Crippen LogP contribution in [0.1, 0.15) is 0 Å². The normalized spacial score (nSPS) is 10.7. The van der Waals surface area contributed by atoms with E-state index < -0.39 is 0 Å². The van der Waals surface area contributed by atoms with Crippen molar-refractivity contribution in [2.75, 3.05) is 12.8 Å². The van der Waals surface area contributed by atoms with Crippen LogP contribution in [0.25, 0.3) is 22.2 Å².